The van der Waals surface area contributed by atoms with Gasteiger partial charge in [-0.3, -0.25) is 0 Å². The van der Waals surface area contributed by atoms with Crippen LogP contribution in [0.15, 0.2) is 97.1 Å². The summed E-state index contributed by atoms with van der Waals surface area (Å²) in [6, 6.07) is 35.4. The van der Waals surface area contributed by atoms with Crippen LogP contribution < -0.4 is 18.9 Å². The van der Waals surface area contributed by atoms with E-state index in [9.17, 15) is 0 Å². The van der Waals surface area contributed by atoms with Crippen molar-refractivity contribution in [3.8, 4) is 23.0 Å². The SMILES string of the molecule is CCCCCOc1ccc(CC[C@H]2CC[C@H](CC[C@H]3CC[C@H](CCC)CC3)CC2)cc1.CCCCOc1ccc(CC[C@H]2CC[C@H](CC[C@H]3CC[C@H](CCC)CC3)CC2)cc1.CCCOc1ccc(CC[C@H]2CC[C@H](CC[C@H]3CC[C@H](CCC)CC3)CC2)cc1.CCC[C@H]1CC[C@H](CC[C@H]2CC[C@H](CCc3ccc(OCC)cc3)CC2)CC1. The van der Waals surface area contributed by atoms with Gasteiger partial charge >= 0.3 is 0 Å². The zero-order chi connectivity index (χ0) is 82.7. The molecule has 8 aliphatic carbocycles. The average Bonchev–Trinajstić information content (AvgIpc) is 0.897. The molecule has 12 rings (SSSR count). The van der Waals surface area contributed by atoms with Gasteiger partial charge in [0.2, 0.25) is 0 Å². The number of unbranched alkanes of at least 4 members (excludes halogenated alkanes) is 3. The predicted molar refractivity (Wildman–Crippen MR) is 512 cm³/mol. The van der Waals surface area contributed by atoms with E-state index >= 15 is 0 Å². The van der Waals surface area contributed by atoms with Crippen LogP contribution in [0.2, 0.25) is 0 Å². The van der Waals surface area contributed by atoms with E-state index in [0.717, 1.165) is 157 Å². The standard InChI is InChI=1S/C30H50O.C29H48O.C28H46O.C27H44O/c1-3-5-6-24-31-30-22-20-29(21-23-30)19-18-28-16-14-27(15-17-28)13-12-26-10-8-25(7-4-2)9-11-26;1-3-5-23-30-29-21-19-28(20-22-29)18-17-27-15-13-26(14-16-27)12-11-25-9-7-24(6-4-2)8-10-25;1-3-5-23-6-8-24(9-7-23)10-11-25-12-14-26(15-13-25)16-17-27-18-20-28(21-19-27)29-22-4-2;1-3-5-22-6-8-23(9-7-22)10-11-24-12-14-25(15-13-24)16-17-26-18-20-27(21-19-26)28-4-2/h20-23,25-28H,3-19,24H2,1-2H3;19-22,24-27H,3-18,23H2,1-2H3;18-21,23-26H,3-17,22H2,1-2H3;18-25H,3-17H2,1-2H3/t25-,26-,27-,28-;24-,25-,26-,27-;23-,24-,25-,26-;22-,23-,24-,25-. The van der Waals surface area contributed by atoms with Crippen molar-refractivity contribution in [2.75, 3.05) is 26.4 Å². The molecule has 0 heterocycles. The van der Waals surface area contributed by atoms with Crippen LogP contribution in [-0.2, 0) is 25.7 Å². The number of hydrogen-bond acceptors (Lipinski definition) is 4. The van der Waals surface area contributed by atoms with Gasteiger partial charge in [0.15, 0.2) is 0 Å². The Morgan fingerprint density at radius 2 is 0.347 bits per heavy atom. The maximum Gasteiger partial charge on any atom is 0.119 e. The molecule has 4 aromatic carbocycles. The third kappa shape index (κ3) is 39.9. The molecule has 0 aliphatic heterocycles. The summed E-state index contributed by atoms with van der Waals surface area (Å²) in [5, 5.41) is 0. The van der Waals surface area contributed by atoms with E-state index in [2.05, 4.69) is 146 Å². The first-order valence-corrected chi connectivity index (χ1v) is 52.9. The highest BCUT2D eigenvalue weighted by Crippen LogP contribution is 2.44. The second-order valence-electron chi connectivity index (χ2n) is 41.3. The van der Waals surface area contributed by atoms with Crippen LogP contribution in [-0.4, -0.2) is 26.4 Å². The van der Waals surface area contributed by atoms with Crippen LogP contribution in [0.25, 0.3) is 0 Å². The molecular weight excluding hydrogens is 1430 g/mol. The maximum atomic E-state index is 5.85. The molecule has 0 saturated heterocycles. The van der Waals surface area contributed by atoms with Crippen molar-refractivity contribution >= 4 is 0 Å². The normalized spacial score (nSPS) is 27.4. The van der Waals surface area contributed by atoms with Crippen LogP contribution >= 0.6 is 0 Å². The quantitative estimate of drug-likeness (QED) is 0.0413. The Hall–Kier alpha value is -3.92. The molecule has 118 heavy (non-hydrogen) atoms. The van der Waals surface area contributed by atoms with E-state index in [1.807, 2.05) is 6.92 Å². The zero-order valence-corrected chi connectivity index (χ0v) is 78.8. The summed E-state index contributed by atoms with van der Waals surface area (Å²) in [5.74, 6) is 20.6. The van der Waals surface area contributed by atoms with Gasteiger partial charge in [-0.1, -0.05) is 424 Å². The van der Waals surface area contributed by atoms with Crippen molar-refractivity contribution < 1.29 is 18.9 Å². The van der Waals surface area contributed by atoms with E-state index in [1.54, 1.807) is 0 Å². The number of benzene rings is 4. The summed E-state index contributed by atoms with van der Waals surface area (Å²) in [4.78, 5) is 0. The number of aryl methyl sites for hydroxylation is 4. The molecule has 8 fully saturated rings. The Labute approximate surface area is 731 Å². The van der Waals surface area contributed by atoms with Crippen molar-refractivity contribution in [3.05, 3.63) is 119 Å². The van der Waals surface area contributed by atoms with E-state index in [4.69, 9.17) is 18.9 Å². The molecule has 0 aromatic heterocycles. The third-order valence-corrected chi connectivity index (χ3v) is 32.1. The average molecular weight is 1620 g/mol. The van der Waals surface area contributed by atoms with Crippen LogP contribution in [0.5, 0.6) is 23.0 Å². The number of ether oxygens (including phenoxy) is 4. The van der Waals surface area contributed by atoms with Crippen LogP contribution in [0.4, 0.5) is 0 Å². The van der Waals surface area contributed by atoms with E-state index < -0.39 is 0 Å². The summed E-state index contributed by atoms with van der Waals surface area (Å²) in [6.07, 6.45) is 89.5. The van der Waals surface area contributed by atoms with Gasteiger partial charge in [0.25, 0.3) is 0 Å². The highest BCUT2D eigenvalue weighted by atomic mass is 16.5. The first-order valence-electron chi connectivity index (χ1n) is 52.9. The Morgan fingerprint density at radius 1 is 0.169 bits per heavy atom. The smallest absolute Gasteiger partial charge is 0.119 e. The Kier molecular flexibility index (Phi) is 49.6. The van der Waals surface area contributed by atoms with Crippen LogP contribution in [0.1, 0.15) is 450 Å². The van der Waals surface area contributed by atoms with Crippen molar-refractivity contribution in [1.29, 1.82) is 0 Å². The lowest BCUT2D eigenvalue weighted by Crippen LogP contribution is -2.18. The molecule has 4 aromatic rings. The van der Waals surface area contributed by atoms with Gasteiger partial charge in [-0.25, -0.2) is 0 Å². The maximum absolute atomic E-state index is 5.85. The van der Waals surface area contributed by atoms with Gasteiger partial charge in [-0.2, -0.15) is 0 Å². The van der Waals surface area contributed by atoms with Crippen molar-refractivity contribution in [3.63, 3.8) is 0 Å². The molecule has 0 radical (unpaired) electrons. The first kappa shape index (κ1) is 97.9. The molecule has 0 N–H and O–H groups in total. The molecule has 8 saturated carbocycles. The minimum absolute atomic E-state index is 0.753. The summed E-state index contributed by atoms with van der Waals surface area (Å²) in [5.41, 5.74) is 5.93. The molecule has 0 bridgehead atoms. The fourth-order valence-electron chi connectivity index (χ4n) is 23.7. The molecule has 0 atom stereocenters. The van der Waals surface area contributed by atoms with E-state index in [-0.39, 0.29) is 0 Å². The molecule has 4 nitrogen and oxygen atoms in total. The van der Waals surface area contributed by atoms with Gasteiger partial charge < -0.3 is 18.9 Å². The summed E-state index contributed by atoms with van der Waals surface area (Å²) in [6.45, 7) is 21.3. The predicted octanol–water partition coefficient (Wildman–Crippen LogP) is 35.2. The van der Waals surface area contributed by atoms with Crippen LogP contribution in [0.3, 0.4) is 0 Å². The van der Waals surface area contributed by atoms with Crippen molar-refractivity contribution in [2.45, 2.75) is 453 Å². The largest absolute Gasteiger partial charge is 0.494 e. The molecule has 4 heteroatoms. The zero-order valence-electron chi connectivity index (χ0n) is 78.8. The second kappa shape index (κ2) is 59.8. The summed E-state index contributed by atoms with van der Waals surface area (Å²) in [7, 11) is 0. The minimum Gasteiger partial charge on any atom is -0.494 e. The Bertz CT molecular complexity index is 2980. The highest BCUT2D eigenvalue weighted by molar-refractivity contribution is 5.30. The lowest BCUT2D eigenvalue weighted by atomic mass is 9.74. The molecule has 0 spiro atoms. The van der Waals surface area contributed by atoms with Gasteiger partial charge in [0, 0.05) is 0 Å². The van der Waals surface area contributed by atoms with Gasteiger partial charge in [0.05, 0.1) is 26.4 Å². The summed E-state index contributed by atoms with van der Waals surface area (Å²) >= 11 is 0. The van der Waals surface area contributed by atoms with E-state index in [1.165, 1.54) is 408 Å². The molecule has 0 amide bonds. The number of hydrogen-bond donors (Lipinski definition) is 0. The Morgan fingerprint density at radius 3 is 0.534 bits per heavy atom. The lowest BCUT2D eigenvalue weighted by molar-refractivity contribution is 0.209. The highest BCUT2D eigenvalue weighted by Gasteiger charge is 2.30. The fraction of sp³-hybridized carbons (Fsp3) is 0.789. The summed E-state index contributed by atoms with van der Waals surface area (Å²) < 4.78 is 22.9. The monoisotopic (exact) mass is 1620 g/mol. The first-order chi connectivity index (χ1) is 58.1. The molecular formula is C114H188O4. The number of rotatable bonds is 46. The third-order valence-electron chi connectivity index (χ3n) is 32.1. The second-order valence-corrected chi connectivity index (χ2v) is 41.3. The molecule has 0 unspecified atom stereocenters. The topological polar surface area (TPSA) is 36.9 Å². The minimum atomic E-state index is 0.753. The van der Waals surface area contributed by atoms with Crippen LogP contribution in [0, 0.1) is 94.7 Å². The van der Waals surface area contributed by atoms with Crippen molar-refractivity contribution in [2.24, 2.45) is 94.7 Å². The van der Waals surface area contributed by atoms with E-state index in [0.29, 0.717) is 0 Å². The van der Waals surface area contributed by atoms with Crippen molar-refractivity contribution in [1.82, 2.24) is 0 Å². The van der Waals surface area contributed by atoms with Gasteiger partial charge in [0.1, 0.15) is 23.0 Å². The lowest BCUT2D eigenvalue weighted by Gasteiger charge is -2.32. The molecule has 668 valence electrons. The Balaban J connectivity index is 0.000000179. The van der Waals surface area contributed by atoms with Gasteiger partial charge in [-0.05, 0) is 243 Å². The fourth-order valence-corrected chi connectivity index (χ4v) is 23.7. The molecule has 8 aliphatic rings. The van der Waals surface area contributed by atoms with Gasteiger partial charge in [-0.15, -0.1) is 0 Å².